The van der Waals surface area contributed by atoms with E-state index in [2.05, 4.69) is 50.4 Å². The Balaban J connectivity index is 1.22. The minimum absolute atomic E-state index is 0.123. The summed E-state index contributed by atoms with van der Waals surface area (Å²) < 4.78 is 14.8. The van der Waals surface area contributed by atoms with Gasteiger partial charge in [0.25, 0.3) is 0 Å². The fraction of sp³-hybridized carbons (Fsp3) is 0.105. The summed E-state index contributed by atoms with van der Waals surface area (Å²) in [6.45, 7) is 5.62. The second-order valence-electron chi connectivity index (χ2n) is 11.8. The lowest BCUT2D eigenvalue weighted by Crippen LogP contribution is -1.90. The van der Waals surface area contributed by atoms with Gasteiger partial charge in [-0.25, -0.2) is 10.5 Å². The van der Waals surface area contributed by atoms with Crippen LogP contribution in [0.3, 0.4) is 0 Å². The molecule has 0 saturated heterocycles. The highest BCUT2D eigenvalue weighted by Crippen LogP contribution is 2.45. The lowest BCUT2D eigenvalue weighted by molar-refractivity contribution is -0.432. The molecule has 280 valence electrons. The summed E-state index contributed by atoms with van der Waals surface area (Å²) in [4.78, 5) is 1.05. The van der Waals surface area contributed by atoms with Crippen molar-refractivity contribution in [3.8, 4) is 11.5 Å². The fourth-order valence-electron chi connectivity index (χ4n) is 5.29. The van der Waals surface area contributed by atoms with Crippen LogP contribution < -0.4 is 10.1 Å². The number of hydrogen-bond acceptors (Lipinski definition) is 17. The van der Waals surface area contributed by atoms with E-state index in [4.69, 9.17) is 19.6 Å². The van der Waals surface area contributed by atoms with Crippen molar-refractivity contribution < 1.29 is 39.1 Å². The number of anilines is 2. The summed E-state index contributed by atoms with van der Waals surface area (Å²) in [6, 6.07) is 31.1. The monoisotopic (exact) mass is 779 g/mol. The first kappa shape index (κ1) is 38.9. The van der Waals surface area contributed by atoms with Gasteiger partial charge in [0.05, 0.1) is 58.8 Å². The average Bonchev–Trinajstić information content (AvgIpc) is 3.19. The number of aromatic hydroxyl groups is 1. The van der Waals surface area contributed by atoms with Crippen molar-refractivity contribution in [3.05, 3.63) is 120 Å². The van der Waals surface area contributed by atoms with Crippen LogP contribution in [0.5, 0.6) is 11.5 Å². The standard InChI is InChI=1S/C38H33N7O8S2/c1-22-17-32(43-45-37-36(55-53-51-48)20-25-19-28(12-15-30(25)38(37)46)39-26-8-6-5-7-9-26)23(2)16-31(22)42-44-34-18-24(3)33(21-35(34)49-4)41-40-27-10-13-29(14-11-27)54-52-50-47/h5-21,39,46-48H,1-4H3. The Morgan fingerprint density at radius 3 is 1.85 bits per heavy atom. The number of rotatable bonds is 15. The molecule has 0 aliphatic heterocycles. The van der Waals surface area contributed by atoms with Gasteiger partial charge in [0, 0.05) is 27.7 Å². The molecule has 0 fully saturated rings. The van der Waals surface area contributed by atoms with E-state index >= 15 is 0 Å². The molecule has 0 bridgehead atoms. The molecule has 0 aromatic heterocycles. The van der Waals surface area contributed by atoms with Gasteiger partial charge in [-0.05, 0) is 122 Å². The van der Waals surface area contributed by atoms with E-state index in [9.17, 15) is 5.11 Å². The third-order valence-corrected chi connectivity index (χ3v) is 9.29. The van der Waals surface area contributed by atoms with Gasteiger partial charge in [0.15, 0.2) is 5.75 Å². The molecule has 0 amide bonds. The number of para-hydroxylation sites is 1. The van der Waals surface area contributed by atoms with Crippen molar-refractivity contribution in [2.24, 2.45) is 30.7 Å². The molecule has 15 nitrogen and oxygen atoms in total. The summed E-state index contributed by atoms with van der Waals surface area (Å²) in [5.74, 6) is 0.335. The van der Waals surface area contributed by atoms with E-state index in [0.717, 1.165) is 40.1 Å². The third kappa shape index (κ3) is 9.87. The molecule has 0 heterocycles. The molecular weight excluding hydrogens is 747 g/mol. The molecule has 0 aliphatic carbocycles. The maximum absolute atomic E-state index is 11.3. The number of nitrogens with zero attached hydrogens (tertiary/aromatic N) is 6. The van der Waals surface area contributed by atoms with E-state index in [1.165, 1.54) is 7.11 Å². The van der Waals surface area contributed by atoms with E-state index < -0.39 is 0 Å². The molecule has 0 atom stereocenters. The normalized spacial score (nSPS) is 11.7. The number of azo groups is 3. The highest BCUT2D eigenvalue weighted by atomic mass is 32.2. The molecule has 17 heteroatoms. The first-order chi connectivity index (χ1) is 26.8. The zero-order valence-electron chi connectivity index (χ0n) is 29.7. The average molecular weight is 780 g/mol. The number of nitrogens with one attached hydrogen (secondary N) is 1. The Bertz CT molecular complexity index is 2380. The van der Waals surface area contributed by atoms with Crippen LogP contribution in [-0.4, -0.2) is 22.7 Å². The smallest absolute Gasteiger partial charge is 0.152 e. The Morgan fingerprint density at radius 2 is 1.18 bits per heavy atom. The van der Waals surface area contributed by atoms with Crippen LogP contribution in [0.2, 0.25) is 0 Å². The number of aryl methyl sites for hydroxylation is 3. The van der Waals surface area contributed by atoms with Crippen LogP contribution in [0.4, 0.5) is 45.5 Å². The second kappa shape index (κ2) is 18.5. The van der Waals surface area contributed by atoms with Crippen molar-refractivity contribution >= 4 is 80.4 Å². The zero-order valence-corrected chi connectivity index (χ0v) is 31.3. The molecule has 0 aliphatic rings. The summed E-state index contributed by atoms with van der Waals surface area (Å²) >= 11 is 1.52. The van der Waals surface area contributed by atoms with E-state index in [1.54, 1.807) is 42.5 Å². The predicted octanol–water partition coefficient (Wildman–Crippen LogP) is 13.3. The summed E-state index contributed by atoms with van der Waals surface area (Å²) in [5.41, 5.74) is 7.02. The fourth-order valence-corrected chi connectivity index (χ4v) is 6.14. The van der Waals surface area contributed by atoms with E-state index in [0.29, 0.717) is 66.8 Å². The minimum Gasteiger partial charge on any atom is -0.505 e. The Labute approximate surface area is 323 Å². The quantitative estimate of drug-likeness (QED) is 0.0335. The Hall–Kier alpha value is -5.76. The molecule has 0 radical (unpaired) electrons. The van der Waals surface area contributed by atoms with Gasteiger partial charge in [0.2, 0.25) is 0 Å². The van der Waals surface area contributed by atoms with Gasteiger partial charge in [-0.3, -0.25) is 0 Å². The second-order valence-corrected chi connectivity index (χ2v) is 13.3. The minimum atomic E-state index is -0.123. The van der Waals surface area contributed by atoms with Gasteiger partial charge in [-0.2, -0.15) is 20.5 Å². The van der Waals surface area contributed by atoms with Crippen molar-refractivity contribution in [2.75, 3.05) is 12.4 Å². The molecule has 0 unspecified atom stereocenters. The van der Waals surface area contributed by atoms with Crippen molar-refractivity contribution in [3.63, 3.8) is 0 Å². The van der Waals surface area contributed by atoms with Gasteiger partial charge < -0.3 is 15.2 Å². The van der Waals surface area contributed by atoms with Crippen LogP contribution in [0.15, 0.2) is 144 Å². The van der Waals surface area contributed by atoms with Crippen LogP contribution in [0.25, 0.3) is 10.8 Å². The number of ether oxygens (including phenoxy) is 1. The van der Waals surface area contributed by atoms with Gasteiger partial charge in [0.1, 0.15) is 17.1 Å². The summed E-state index contributed by atoms with van der Waals surface area (Å²) in [6.07, 6.45) is 0. The number of methoxy groups -OCH3 is 1. The summed E-state index contributed by atoms with van der Waals surface area (Å²) in [5, 5.41) is 67.0. The maximum Gasteiger partial charge on any atom is 0.152 e. The van der Waals surface area contributed by atoms with Crippen molar-refractivity contribution in [1.29, 1.82) is 0 Å². The van der Waals surface area contributed by atoms with Gasteiger partial charge >= 0.3 is 0 Å². The predicted molar refractivity (Wildman–Crippen MR) is 209 cm³/mol. The van der Waals surface area contributed by atoms with Crippen LogP contribution in [0.1, 0.15) is 16.7 Å². The van der Waals surface area contributed by atoms with Crippen molar-refractivity contribution in [2.45, 2.75) is 30.6 Å². The maximum atomic E-state index is 11.3. The van der Waals surface area contributed by atoms with Gasteiger partial charge in [-0.15, -0.1) is 18.9 Å². The van der Waals surface area contributed by atoms with E-state index in [-0.39, 0.29) is 11.4 Å². The largest absolute Gasteiger partial charge is 0.505 e. The lowest BCUT2D eigenvalue weighted by atomic mass is 10.1. The SMILES string of the molecule is COc1cc(N=Nc2ccc(SOOO)cc2)c(C)cc1N=Nc1cc(C)c(N=Nc2c(SOOO)cc3cc(Nc4ccccc4)ccc3c2O)cc1C. The molecule has 6 rings (SSSR count). The Morgan fingerprint density at radius 1 is 0.582 bits per heavy atom. The molecule has 6 aromatic rings. The summed E-state index contributed by atoms with van der Waals surface area (Å²) in [7, 11) is 1.54. The van der Waals surface area contributed by atoms with Gasteiger partial charge in [-0.1, -0.05) is 28.3 Å². The topological polar surface area (TPSA) is 193 Å². The third-order valence-electron chi connectivity index (χ3n) is 8.07. The number of benzene rings is 6. The highest BCUT2D eigenvalue weighted by molar-refractivity contribution is 7.94. The molecular formula is C38H33N7O8S2. The van der Waals surface area contributed by atoms with Crippen molar-refractivity contribution in [1.82, 2.24) is 0 Å². The molecule has 4 N–H and O–H groups in total. The number of phenols is 1. The van der Waals surface area contributed by atoms with Crippen LogP contribution >= 0.6 is 24.1 Å². The first-order valence-electron chi connectivity index (χ1n) is 16.3. The highest BCUT2D eigenvalue weighted by Gasteiger charge is 2.16. The number of hydrogen-bond donors (Lipinski definition) is 4. The van der Waals surface area contributed by atoms with E-state index in [1.807, 2.05) is 81.4 Å². The molecule has 55 heavy (non-hydrogen) atoms. The zero-order chi connectivity index (χ0) is 38.7. The number of fused-ring (bicyclic) bond motifs is 1. The molecule has 0 saturated carbocycles. The Kier molecular flexibility index (Phi) is 13.1. The number of phenolic OH excluding ortho intramolecular Hbond substituents is 1. The van der Waals surface area contributed by atoms with Crippen LogP contribution in [-0.2, 0) is 18.7 Å². The molecule has 6 aromatic carbocycles. The first-order valence-corrected chi connectivity index (χ1v) is 17.8. The molecule has 0 spiro atoms. The lowest BCUT2D eigenvalue weighted by Gasteiger charge is -2.12. The van der Waals surface area contributed by atoms with Crippen LogP contribution in [0, 0.1) is 20.8 Å².